The summed E-state index contributed by atoms with van der Waals surface area (Å²) in [5, 5.41) is 8.64. The van der Waals surface area contributed by atoms with E-state index in [1.807, 2.05) is 27.7 Å². The summed E-state index contributed by atoms with van der Waals surface area (Å²) in [6.07, 6.45) is 0.901. The lowest BCUT2D eigenvalue weighted by molar-refractivity contribution is -0.137. The van der Waals surface area contributed by atoms with Gasteiger partial charge in [0.15, 0.2) is 0 Å². The smallest absolute Gasteiger partial charge is 0.320 e. The molecule has 0 aromatic carbocycles. The zero-order chi connectivity index (χ0) is 13.4. The molecule has 100 valence electrons. The summed E-state index contributed by atoms with van der Waals surface area (Å²) in [6, 6.07) is 0.0759. The van der Waals surface area contributed by atoms with Crippen LogP contribution in [0.15, 0.2) is 0 Å². The number of hydrogen-bond acceptors (Lipinski definition) is 2. The van der Waals surface area contributed by atoms with Gasteiger partial charge in [-0.05, 0) is 27.2 Å². The predicted molar refractivity (Wildman–Crippen MR) is 67.0 cm³/mol. The Kier molecular flexibility index (Phi) is 7.34. The lowest BCUT2D eigenvalue weighted by atomic mass is 10.3. The molecule has 0 saturated carbocycles. The first kappa shape index (κ1) is 15.7. The maximum Gasteiger partial charge on any atom is 0.320 e. The van der Waals surface area contributed by atoms with Gasteiger partial charge < -0.3 is 14.9 Å². The Morgan fingerprint density at radius 3 is 2.12 bits per heavy atom. The molecular formula is C12H24N2O3. The van der Waals surface area contributed by atoms with Gasteiger partial charge in [-0.1, -0.05) is 6.92 Å². The van der Waals surface area contributed by atoms with Crippen molar-refractivity contribution in [2.24, 2.45) is 0 Å². The van der Waals surface area contributed by atoms with Crippen LogP contribution < -0.4 is 0 Å². The van der Waals surface area contributed by atoms with Gasteiger partial charge in [0.2, 0.25) is 0 Å². The van der Waals surface area contributed by atoms with E-state index < -0.39 is 5.97 Å². The van der Waals surface area contributed by atoms with Gasteiger partial charge in [0.25, 0.3) is 0 Å². The van der Waals surface area contributed by atoms with Crippen LogP contribution in [-0.4, -0.2) is 52.6 Å². The van der Waals surface area contributed by atoms with Crippen LogP contribution in [0.5, 0.6) is 0 Å². The fraction of sp³-hybridized carbons (Fsp3) is 0.833. The molecule has 0 spiro atoms. The van der Waals surface area contributed by atoms with Crippen molar-refractivity contribution in [1.29, 1.82) is 0 Å². The number of carbonyl (C=O) groups excluding carboxylic acids is 1. The molecule has 0 aliphatic carbocycles. The topological polar surface area (TPSA) is 60.9 Å². The van der Waals surface area contributed by atoms with Gasteiger partial charge in [0, 0.05) is 25.7 Å². The average Bonchev–Trinajstić information content (AvgIpc) is 2.25. The van der Waals surface area contributed by atoms with Crippen molar-refractivity contribution in [3.8, 4) is 0 Å². The third kappa shape index (κ3) is 5.56. The SMILES string of the molecule is CCCN(C(=O)N(CC)CCC(=O)O)C(C)C. The molecule has 0 unspecified atom stereocenters. The molecule has 1 N–H and O–H groups in total. The van der Waals surface area contributed by atoms with Gasteiger partial charge in [0.05, 0.1) is 6.42 Å². The van der Waals surface area contributed by atoms with Crippen LogP contribution in [-0.2, 0) is 4.79 Å². The van der Waals surface area contributed by atoms with Crippen LogP contribution in [0.2, 0.25) is 0 Å². The van der Waals surface area contributed by atoms with Crippen LogP contribution in [0.3, 0.4) is 0 Å². The third-order valence-corrected chi connectivity index (χ3v) is 2.58. The summed E-state index contributed by atoms with van der Waals surface area (Å²) >= 11 is 0. The van der Waals surface area contributed by atoms with Crippen LogP contribution >= 0.6 is 0 Å². The van der Waals surface area contributed by atoms with E-state index in [2.05, 4.69) is 0 Å². The molecule has 0 saturated heterocycles. The number of carboxylic acid groups (broad SMARTS) is 1. The van der Waals surface area contributed by atoms with E-state index in [1.54, 1.807) is 9.80 Å². The van der Waals surface area contributed by atoms with Crippen molar-refractivity contribution in [3.05, 3.63) is 0 Å². The number of urea groups is 1. The molecule has 0 aromatic heterocycles. The highest BCUT2D eigenvalue weighted by Crippen LogP contribution is 2.06. The van der Waals surface area contributed by atoms with E-state index >= 15 is 0 Å². The summed E-state index contributed by atoms with van der Waals surface area (Å²) < 4.78 is 0. The molecule has 0 radical (unpaired) electrons. The minimum atomic E-state index is -0.872. The van der Waals surface area contributed by atoms with Crippen molar-refractivity contribution >= 4 is 12.0 Å². The maximum absolute atomic E-state index is 12.2. The molecule has 5 heteroatoms. The van der Waals surface area contributed by atoms with E-state index in [-0.39, 0.29) is 25.0 Å². The van der Waals surface area contributed by atoms with Gasteiger partial charge in [-0.25, -0.2) is 4.79 Å². The highest BCUT2D eigenvalue weighted by Gasteiger charge is 2.21. The van der Waals surface area contributed by atoms with E-state index in [9.17, 15) is 9.59 Å². The zero-order valence-electron chi connectivity index (χ0n) is 11.3. The Balaban J connectivity index is 4.52. The minimum absolute atomic E-state index is 0.00234. The zero-order valence-corrected chi connectivity index (χ0v) is 11.3. The summed E-state index contributed by atoms with van der Waals surface area (Å²) in [7, 11) is 0. The molecule has 0 aliphatic heterocycles. The second-order valence-corrected chi connectivity index (χ2v) is 4.29. The number of aliphatic carboxylic acids is 1. The molecule has 0 atom stereocenters. The highest BCUT2D eigenvalue weighted by atomic mass is 16.4. The Morgan fingerprint density at radius 2 is 1.76 bits per heavy atom. The second-order valence-electron chi connectivity index (χ2n) is 4.29. The Bertz CT molecular complexity index is 254. The van der Waals surface area contributed by atoms with E-state index in [0.29, 0.717) is 13.1 Å². The van der Waals surface area contributed by atoms with Crippen LogP contribution in [0.1, 0.15) is 40.5 Å². The summed E-state index contributed by atoms with van der Waals surface area (Å²) in [6.45, 7) is 9.36. The number of nitrogens with zero attached hydrogens (tertiary/aromatic N) is 2. The lowest BCUT2D eigenvalue weighted by Crippen LogP contribution is -2.47. The van der Waals surface area contributed by atoms with Crippen molar-refractivity contribution < 1.29 is 14.7 Å². The molecule has 0 heterocycles. The minimum Gasteiger partial charge on any atom is -0.481 e. The van der Waals surface area contributed by atoms with Gasteiger partial charge in [0.1, 0.15) is 0 Å². The average molecular weight is 244 g/mol. The summed E-state index contributed by atoms with van der Waals surface area (Å²) in [5.41, 5.74) is 0. The van der Waals surface area contributed by atoms with E-state index in [4.69, 9.17) is 5.11 Å². The summed E-state index contributed by atoms with van der Waals surface area (Å²) in [5.74, 6) is -0.872. The quantitative estimate of drug-likeness (QED) is 0.745. The molecular weight excluding hydrogens is 220 g/mol. The molecule has 0 fully saturated rings. The van der Waals surface area contributed by atoms with Crippen LogP contribution in [0.4, 0.5) is 4.79 Å². The van der Waals surface area contributed by atoms with Gasteiger partial charge in [-0.15, -0.1) is 0 Å². The number of amides is 2. The normalized spacial score (nSPS) is 10.4. The molecule has 2 amide bonds. The van der Waals surface area contributed by atoms with Gasteiger partial charge in [-0.2, -0.15) is 0 Å². The molecule has 5 nitrogen and oxygen atoms in total. The maximum atomic E-state index is 12.2. The molecule has 0 aromatic rings. The monoisotopic (exact) mass is 244 g/mol. The number of hydrogen-bond donors (Lipinski definition) is 1. The number of carboxylic acids is 1. The number of rotatable bonds is 7. The first-order chi connectivity index (χ1) is 7.93. The Morgan fingerprint density at radius 1 is 1.18 bits per heavy atom. The van der Waals surface area contributed by atoms with Gasteiger partial charge in [-0.3, -0.25) is 4.79 Å². The first-order valence-corrected chi connectivity index (χ1v) is 6.21. The molecule has 0 rings (SSSR count). The third-order valence-electron chi connectivity index (χ3n) is 2.58. The fourth-order valence-electron chi connectivity index (χ4n) is 1.62. The first-order valence-electron chi connectivity index (χ1n) is 6.21. The van der Waals surface area contributed by atoms with E-state index in [1.165, 1.54) is 0 Å². The molecule has 17 heavy (non-hydrogen) atoms. The predicted octanol–water partition coefficient (Wildman–Crippen LogP) is 2.02. The second kappa shape index (κ2) is 7.92. The van der Waals surface area contributed by atoms with Crippen LogP contribution in [0.25, 0.3) is 0 Å². The van der Waals surface area contributed by atoms with Crippen molar-refractivity contribution in [2.75, 3.05) is 19.6 Å². The van der Waals surface area contributed by atoms with Gasteiger partial charge >= 0.3 is 12.0 Å². The largest absolute Gasteiger partial charge is 0.481 e. The van der Waals surface area contributed by atoms with Crippen molar-refractivity contribution in [1.82, 2.24) is 9.80 Å². The highest BCUT2D eigenvalue weighted by molar-refractivity contribution is 5.75. The standard InChI is InChI=1S/C12H24N2O3/c1-5-8-14(10(3)4)12(17)13(6-2)9-7-11(15)16/h10H,5-9H2,1-4H3,(H,15,16). The Hall–Kier alpha value is -1.26. The van der Waals surface area contributed by atoms with Crippen molar-refractivity contribution in [2.45, 2.75) is 46.6 Å². The summed E-state index contributed by atoms with van der Waals surface area (Å²) in [4.78, 5) is 26.1. The van der Waals surface area contributed by atoms with E-state index in [0.717, 1.165) is 6.42 Å². The van der Waals surface area contributed by atoms with Crippen molar-refractivity contribution in [3.63, 3.8) is 0 Å². The molecule has 0 bridgehead atoms. The number of carbonyl (C=O) groups is 2. The lowest BCUT2D eigenvalue weighted by Gasteiger charge is -2.32. The molecule has 0 aliphatic rings. The fourth-order valence-corrected chi connectivity index (χ4v) is 1.62. The van der Waals surface area contributed by atoms with Crippen LogP contribution in [0, 0.1) is 0 Å². The Labute approximate surface area is 103 Å².